The maximum atomic E-state index is 2.63. The Morgan fingerprint density at radius 1 is 0.314 bits per heavy atom. The molecule has 8 heteroatoms. The molecule has 17 rings (SSSR count). The van der Waals surface area contributed by atoms with Crippen molar-refractivity contribution in [3.63, 3.8) is 0 Å². The van der Waals surface area contributed by atoms with Crippen LogP contribution >= 0.6 is 0 Å². The third-order valence-electron chi connectivity index (χ3n) is 23.6. The highest BCUT2D eigenvalue weighted by Gasteiger charge is 2.37. The van der Waals surface area contributed by atoms with Crippen molar-refractivity contribution < 1.29 is 18.3 Å². The first kappa shape index (κ1) is 69.9. The second-order valence-corrected chi connectivity index (χ2v) is 31.9. The van der Waals surface area contributed by atoms with E-state index in [1.165, 1.54) is 242 Å². The number of para-hydroxylation sites is 8. The molecule has 0 unspecified atom stereocenters. The lowest BCUT2D eigenvalue weighted by Crippen LogP contribution is -2.31. The summed E-state index contributed by atoms with van der Waals surface area (Å²) in [6, 6.07) is 76.4. The molecule has 4 aromatic heterocycles. The first-order valence-electron chi connectivity index (χ1n) is 38.8. The Bertz CT molecular complexity index is 5150. The van der Waals surface area contributed by atoms with Gasteiger partial charge in [-0.3, -0.25) is 0 Å². The van der Waals surface area contributed by atoms with Crippen molar-refractivity contribution in [2.24, 2.45) is 28.2 Å². The van der Waals surface area contributed by atoms with E-state index < -0.39 is 0 Å². The van der Waals surface area contributed by atoms with Gasteiger partial charge in [-0.25, -0.2) is 36.5 Å². The molecule has 4 fully saturated rings. The van der Waals surface area contributed by atoms with Gasteiger partial charge in [-0.05, 0) is 266 Å². The minimum absolute atomic E-state index is 0.184. The molecule has 4 aliphatic carbocycles. The maximum absolute atomic E-state index is 2.63. The van der Waals surface area contributed by atoms with Crippen molar-refractivity contribution in [3.8, 4) is 56.7 Å². The van der Waals surface area contributed by atoms with Crippen LogP contribution in [0, 0.1) is 34.6 Å². The van der Waals surface area contributed by atoms with E-state index in [-0.39, 0.29) is 5.41 Å². The average Bonchev–Trinajstić information content (AvgIpc) is 1.58. The molecule has 4 saturated carbocycles. The predicted octanol–water partition coefficient (Wildman–Crippen LogP) is 22.6. The van der Waals surface area contributed by atoms with Gasteiger partial charge in [0.2, 0.25) is 0 Å². The van der Waals surface area contributed by atoms with Crippen molar-refractivity contribution in [2.75, 3.05) is 0 Å². The number of rotatable bonds is 10. The van der Waals surface area contributed by atoms with E-state index >= 15 is 0 Å². The molecule has 4 heterocycles. The molecular weight excluding hydrogens is 1240 g/mol. The summed E-state index contributed by atoms with van der Waals surface area (Å²) in [5, 5.41) is 0. The number of imidazole rings is 4. The van der Waals surface area contributed by atoms with Crippen LogP contribution < -0.4 is 18.3 Å². The Balaban J connectivity index is 0.000000116. The highest BCUT2D eigenvalue weighted by molar-refractivity contribution is 5.81. The van der Waals surface area contributed by atoms with E-state index in [2.05, 4.69) is 334 Å². The van der Waals surface area contributed by atoms with Crippen LogP contribution in [-0.2, 0) is 33.6 Å². The second kappa shape index (κ2) is 29.7. The molecule has 0 amide bonds. The lowest BCUT2D eigenvalue weighted by molar-refractivity contribution is -0.634. The standard InChI is InChI=1S/C26H27N2.C24H31N2.C23H29N2.C21H25N2/c1-19-18-21(20-10-4-3-5-11-20)16-17-23(19)26-27(2)24-14-8-9-15-25(24)28(26)22-12-6-7-13-22;1-17-16-18(24(2,3)4)14-15-20(17)23-25(5)21-12-8-9-13-22(21)26(23)19-10-6-7-11-19;1-16(2)18-13-14-20(17(3)15-18)23-24(4)21-11-7-8-12-22(21)25(23)19-9-5-6-10-19;1-15-12-13-18(16(2)14-15)21-22(3)19-10-6-7-11-20(19)23(21)17-8-4-5-9-17/h3-5,8-11,14-18,22H,6-7,12-13H2,1-2H3;8-9,12-16,19H,6-7,10-11H2,1-5H3;7-8,11-16,19H,5-6,9-10H2,1-4H3;6-7,10-14,17H,4-5,8-9H2,1-3H3/q4*+1. The Morgan fingerprint density at radius 3 is 0.941 bits per heavy atom. The fraction of sp³-hybridized carbons (Fsp3) is 0.383. The minimum atomic E-state index is 0.184. The third kappa shape index (κ3) is 13.5. The Kier molecular flexibility index (Phi) is 20.3. The summed E-state index contributed by atoms with van der Waals surface area (Å²) in [6.45, 7) is 22.6. The van der Waals surface area contributed by atoms with E-state index in [1.54, 1.807) is 0 Å². The zero-order chi connectivity index (χ0) is 71.1. The van der Waals surface area contributed by atoms with Crippen molar-refractivity contribution in [2.45, 2.75) is 207 Å². The Hall–Kier alpha value is -9.14. The molecule has 524 valence electrons. The van der Waals surface area contributed by atoms with Gasteiger partial charge in [0.05, 0.1) is 50.4 Å². The SMILES string of the molecule is Cc1cc(-c2ccccc2)ccc1-c1n(C2CCCC2)c2ccccc2[n+]1C.Cc1cc(C(C)(C)C)ccc1-c1n(C2CCCC2)c2ccccc2[n+]1C.Cc1cc(C(C)C)ccc1-c1n(C2CCCC2)c2ccccc2[n+]1C.Cc1ccc(-c2n(C3CCCC3)c3ccccc3[n+]2C)c(C)c1. The first-order valence-corrected chi connectivity index (χ1v) is 38.8. The average molecular weight is 1350 g/mol. The van der Waals surface area contributed by atoms with Gasteiger partial charge >= 0.3 is 0 Å². The summed E-state index contributed by atoms with van der Waals surface area (Å²) in [5.41, 5.74) is 28.6. The summed E-state index contributed by atoms with van der Waals surface area (Å²) >= 11 is 0. The van der Waals surface area contributed by atoms with E-state index in [0.29, 0.717) is 30.1 Å². The number of aromatic nitrogens is 8. The second-order valence-electron chi connectivity index (χ2n) is 31.9. The van der Waals surface area contributed by atoms with E-state index in [4.69, 9.17) is 0 Å². The molecule has 4 aliphatic rings. The Labute approximate surface area is 608 Å². The van der Waals surface area contributed by atoms with E-state index in [0.717, 1.165) is 0 Å². The third-order valence-corrected chi connectivity index (χ3v) is 23.6. The van der Waals surface area contributed by atoms with Gasteiger partial charge in [0.1, 0.15) is 24.2 Å². The van der Waals surface area contributed by atoms with Crippen LogP contribution in [0.5, 0.6) is 0 Å². The van der Waals surface area contributed by atoms with Gasteiger partial charge in [-0.2, -0.15) is 0 Å². The zero-order valence-corrected chi connectivity index (χ0v) is 63.8. The van der Waals surface area contributed by atoms with E-state index in [9.17, 15) is 0 Å². The number of benzene rings is 9. The molecule has 0 atom stereocenters. The molecule has 0 radical (unpaired) electrons. The van der Waals surface area contributed by atoms with Crippen LogP contribution in [-0.4, -0.2) is 18.3 Å². The Morgan fingerprint density at radius 2 is 0.618 bits per heavy atom. The van der Waals surface area contributed by atoms with Crippen LogP contribution in [0.2, 0.25) is 0 Å². The van der Waals surface area contributed by atoms with Crippen molar-refractivity contribution in [1.82, 2.24) is 18.3 Å². The molecule has 0 bridgehead atoms. The van der Waals surface area contributed by atoms with Crippen molar-refractivity contribution in [3.05, 3.63) is 239 Å². The van der Waals surface area contributed by atoms with Gasteiger partial charge in [-0.1, -0.05) is 168 Å². The van der Waals surface area contributed by atoms with Crippen molar-refractivity contribution >= 4 is 44.1 Å². The van der Waals surface area contributed by atoms with Crippen LogP contribution in [0.1, 0.15) is 206 Å². The maximum Gasteiger partial charge on any atom is 0.290 e. The fourth-order valence-corrected chi connectivity index (χ4v) is 18.2. The number of hydrogen-bond donors (Lipinski definition) is 0. The molecule has 0 N–H and O–H groups in total. The highest BCUT2D eigenvalue weighted by atomic mass is 15.2. The molecule has 13 aromatic rings. The first-order chi connectivity index (χ1) is 49.4. The van der Waals surface area contributed by atoms with Crippen molar-refractivity contribution in [1.29, 1.82) is 0 Å². The number of aryl methyl sites for hydroxylation is 9. The molecule has 8 nitrogen and oxygen atoms in total. The van der Waals surface area contributed by atoms with Crippen LogP contribution in [0.4, 0.5) is 0 Å². The molecule has 9 aromatic carbocycles. The molecular formula is C94H112N8+4. The molecule has 102 heavy (non-hydrogen) atoms. The van der Waals surface area contributed by atoms with Crippen LogP contribution in [0.25, 0.3) is 101 Å². The van der Waals surface area contributed by atoms with Gasteiger partial charge in [0.25, 0.3) is 23.3 Å². The van der Waals surface area contributed by atoms with E-state index in [1.807, 2.05) is 0 Å². The molecule has 0 aliphatic heterocycles. The summed E-state index contributed by atoms with van der Waals surface area (Å²) in [4.78, 5) is 0. The number of hydrogen-bond acceptors (Lipinski definition) is 0. The number of nitrogens with zero attached hydrogens (tertiary/aromatic N) is 8. The van der Waals surface area contributed by atoms with Gasteiger partial charge in [-0.15, -0.1) is 0 Å². The summed E-state index contributed by atoms with van der Waals surface area (Å²) in [6.07, 6.45) is 21.2. The molecule has 0 saturated heterocycles. The highest BCUT2D eigenvalue weighted by Crippen LogP contribution is 2.43. The summed E-state index contributed by atoms with van der Waals surface area (Å²) < 4.78 is 20.0. The van der Waals surface area contributed by atoms with Gasteiger partial charge in [0, 0.05) is 0 Å². The lowest BCUT2D eigenvalue weighted by Gasteiger charge is -2.20. The zero-order valence-electron chi connectivity index (χ0n) is 63.8. The van der Waals surface area contributed by atoms with Gasteiger partial charge in [0.15, 0.2) is 44.1 Å². The quantitative estimate of drug-likeness (QED) is 0.122. The summed E-state index contributed by atoms with van der Waals surface area (Å²) in [7, 11) is 8.87. The van der Waals surface area contributed by atoms with Crippen LogP contribution in [0.3, 0.4) is 0 Å². The van der Waals surface area contributed by atoms with Crippen LogP contribution in [0.15, 0.2) is 200 Å². The smallest absolute Gasteiger partial charge is 0.226 e. The topological polar surface area (TPSA) is 35.2 Å². The van der Waals surface area contributed by atoms with Gasteiger partial charge < -0.3 is 0 Å². The largest absolute Gasteiger partial charge is 0.290 e. The predicted molar refractivity (Wildman–Crippen MR) is 426 cm³/mol. The molecule has 0 spiro atoms. The summed E-state index contributed by atoms with van der Waals surface area (Å²) in [5.74, 6) is 5.99. The normalized spacial score (nSPS) is 15.4. The monoisotopic (exact) mass is 1350 g/mol. The fourth-order valence-electron chi connectivity index (χ4n) is 18.2. The lowest BCUT2D eigenvalue weighted by atomic mass is 9.85. The minimum Gasteiger partial charge on any atom is -0.226 e. The number of fused-ring (bicyclic) bond motifs is 4.